The molecule has 17 heavy (non-hydrogen) atoms. The van der Waals surface area contributed by atoms with Gasteiger partial charge in [0, 0.05) is 6.04 Å². The summed E-state index contributed by atoms with van der Waals surface area (Å²) in [6.45, 7) is 2.14. The Kier molecular flexibility index (Phi) is 4.06. The number of aryl methyl sites for hydroxylation is 1. The van der Waals surface area contributed by atoms with Crippen LogP contribution in [0, 0.1) is 12.8 Å². The van der Waals surface area contributed by atoms with Crippen LogP contribution < -0.4 is 10.1 Å². The molecule has 0 radical (unpaired) electrons. The van der Waals surface area contributed by atoms with E-state index in [2.05, 4.69) is 37.5 Å². The van der Waals surface area contributed by atoms with E-state index in [9.17, 15) is 0 Å². The van der Waals surface area contributed by atoms with Gasteiger partial charge in [-0.05, 0) is 50.8 Å². The van der Waals surface area contributed by atoms with Gasteiger partial charge in [0.25, 0.3) is 0 Å². The van der Waals surface area contributed by atoms with Crippen LogP contribution in [0.3, 0.4) is 0 Å². The zero-order valence-electron chi connectivity index (χ0n) is 11.1. The predicted octanol–water partition coefficient (Wildman–Crippen LogP) is 2.93. The Balaban J connectivity index is 2.12. The highest BCUT2D eigenvalue weighted by molar-refractivity contribution is 5.37. The summed E-state index contributed by atoms with van der Waals surface area (Å²) in [6.07, 6.45) is 5.22. The van der Waals surface area contributed by atoms with E-state index in [1.54, 1.807) is 7.11 Å². The van der Waals surface area contributed by atoms with Gasteiger partial charge in [-0.1, -0.05) is 24.1 Å². The molecule has 1 saturated carbocycles. The molecular weight excluding hydrogens is 210 g/mol. The van der Waals surface area contributed by atoms with Crippen molar-refractivity contribution in [2.45, 2.75) is 38.6 Å². The topological polar surface area (TPSA) is 21.3 Å². The highest BCUT2D eigenvalue weighted by Crippen LogP contribution is 2.32. The van der Waals surface area contributed by atoms with Gasteiger partial charge in [0.1, 0.15) is 5.75 Å². The van der Waals surface area contributed by atoms with Crippen molar-refractivity contribution in [2.75, 3.05) is 14.2 Å². The molecule has 0 saturated heterocycles. The average Bonchev–Trinajstić information content (AvgIpc) is 2.26. The number of ether oxygens (including phenoxy) is 1. The van der Waals surface area contributed by atoms with Crippen molar-refractivity contribution in [3.05, 3.63) is 29.3 Å². The predicted molar refractivity (Wildman–Crippen MR) is 71.6 cm³/mol. The third-order valence-corrected chi connectivity index (χ3v) is 3.97. The number of methoxy groups -OCH3 is 1. The summed E-state index contributed by atoms with van der Waals surface area (Å²) in [5.74, 6) is 1.88. The Morgan fingerprint density at radius 3 is 2.71 bits per heavy atom. The van der Waals surface area contributed by atoms with E-state index in [-0.39, 0.29) is 0 Å². The third-order valence-electron chi connectivity index (χ3n) is 3.97. The molecule has 1 unspecified atom stereocenters. The van der Waals surface area contributed by atoms with Crippen LogP contribution in [0.4, 0.5) is 0 Å². The van der Waals surface area contributed by atoms with Gasteiger partial charge in [0.05, 0.1) is 7.11 Å². The summed E-state index contributed by atoms with van der Waals surface area (Å²) in [7, 11) is 3.83. The molecule has 1 aromatic carbocycles. The second-order valence-corrected chi connectivity index (χ2v) is 5.11. The van der Waals surface area contributed by atoms with Crippen LogP contribution in [-0.4, -0.2) is 20.2 Å². The molecule has 0 spiro atoms. The van der Waals surface area contributed by atoms with Crippen LogP contribution in [0.2, 0.25) is 0 Å². The molecule has 1 aromatic rings. The van der Waals surface area contributed by atoms with Crippen molar-refractivity contribution in [3.8, 4) is 5.75 Å². The summed E-state index contributed by atoms with van der Waals surface area (Å²) in [6, 6.07) is 7.04. The minimum atomic E-state index is 0.597. The van der Waals surface area contributed by atoms with E-state index >= 15 is 0 Å². The zero-order valence-corrected chi connectivity index (χ0v) is 11.1. The molecular formula is C15H23NO. The number of likely N-dealkylation sites (N-methyl/N-ethyl adjacent to an activating group) is 1. The molecule has 0 aliphatic heterocycles. The second kappa shape index (κ2) is 5.54. The lowest BCUT2D eigenvalue weighted by Gasteiger charge is -2.34. The normalized spacial score (nSPS) is 17.6. The van der Waals surface area contributed by atoms with E-state index in [0.29, 0.717) is 6.04 Å². The summed E-state index contributed by atoms with van der Waals surface area (Å²) >= 11 is 0. The largest absolute Gasteiger partial charge is 0.496 e. The maximum absolute atomic E-state index is 5.45. The van der Waals surface area contributed by atoms with Crippen molar-refractivity contribution in [2.24, 2.45) is 5.92 Å². The van der Waals surface area contributed by atoms with E-state index < -0.39 is 0 Å². The summed E-state index contributed by atoms with van der Waals surface area (Å²) < 4.78 is 5.45. The monoisotopic (exact) mass is 233 g/mol. The molecule has 0 amide bonds. The fraction of sp³-hybridized carbons (Fsp3) is 0.600. The molecule has 2 heteroatoms. The van der Waals surface area contributed by atoms with E-state index in [0.717, 1.165) is 18.1 Å². The van der Waals surface area contributed by atoms with Gasteiger partial charge >= 0.3 is 0 Å². The average molecular weight is 233 g/mol. The van der Waals surface area contributed by atoms with Crippen LogP contribution in [0.15, 0.2) is 18.2 Å². The first kappa shape index (κ1) is 12.4. The Hall–Kier alpha value is -1.02. The molecule has 2 nitrogen and oxygen atoms in total. The van der Waals surface area contributed by atoms with Gasteiger partial charge in [-0.3, -0.25) is 0 Å². The SMILES string of the molecule is CNC(Cc1cc(C)ccc1OC)C1CCC1. The minimum Gasteiger partial charge on any atom is -0.496 e. The molecule has 1 fully saturated rings. The minimum absolute atomic E-state index is 0.597. The van der Waals surface area contributed by atoms with E-state index in [1.165, 1.54) is 30.4 Å². The smallest absolute Gasteiger partial charge is 0.122 e. The molecule has 1 atom stereocenters. The summed E-state index contributed by atoms with van der Waals surface area (Å²) in [5.41, 5.74) is 2.64. The lowest BCUT2D eigenvalue weighted by atomic mass is 9.77. The highest BCUT2D eigenvalue weighted by atomic mass is 16.5. The Bertz CT molecular complexity index is 371. The standard InChI is InChI=1S/C15H23NO/c1-11-7-8-15(17-3)13(9-11)10-14(16-2)12-5-4-6-12/h7-9,12,14,16H,4-6,10H2,1-3H3. The van der Waals surface area contributed by atoms with Gasteiger partial charge in [0.2, 0.25) is 0 Å². The highest BCUT2D eigenvalue weighted by Gasteiger charge is 2.26. The van der Waals surface area contributed by atoms with Crippen molar-refractivity contribution in [1.29, 1.82) is 0 Å². The molecule has 0 aromatic heterocycles. The summed E-state index contributed by atoms with van der Waals surface area (Å²) in [4.78, 5) is 0. The number of hydrogen-bond donors (Lipinski definition) is 1. The molecule has 94 valence electrons. The lowest BCUT2D eigenvalue weighted by Crippen LogP contribution is -2.39. The maximum atomic E-state index is 5.45. The Morgan fingerprint density at radius 1 is 1.41 bits per heavy atom. The fourth-order valence-electron chi connectivity index (χ4n) is 2.65. The van der Waals surface area contributed by atoms with Crippen LogP contribution in [0.25, 0.3) is 0 Å². The van der Waals surface area contributed by atoms with Gasteiger partial charge in [-0.25, -0.2) is 0 Å². The van der Waals surface area contributed by atoms with Crippen LogP contribution in [0.5, 0.6) is 5.75 Å². The number of benzene rings is 1. The quantitative estimate of drug-likeness (QED) is 0.844. The van der Waals surface area contributed by atoms with Crippen molar-refractivity contribution in [1.82, 2.24) is 5.32 Å². The van der Waals surface area contributed by atoms with Crippen LogP contribution in [0.1, 0.15) is 30.4 Å². The fourth-order valence-corrected chi connectivity index (χ4v) is 2.65. The Labute approximate surface area is 104 Å². The first-order chi connectivity index (χ1) is 8.24. The molecule has 2 rings (SSSR count). The number of hydrogen-bond acceptors (Lipinski definition) is 2. The van der Waals surface area contributed by atoms with E-state index in [4.69, 9.17) is 4.74 Å². The van der Waals surface area contributed by atoms with Gasteiger partial charge in [-0.15, -0.1) is 0 Å². The zero-order chi connectivity index (χ0) is 12.3. The molecule has 1 aliphatic rings. The van der Waals surface area contributed by atoms with Crippen molar-refractivity contribution < 1.29 is 4.74 Å². The van der Waals surface area contributed by atoms with E-state index in [1.807, 2.05) is 0 Å². The first-order valence-electron chi connectivity index (χ1n) is 6.55. The molecule has 0 heterocycles. The summed E-state index contributed by atoms with van der Waals surface area (Å²) in [5, 5.41) is 3.47. The maximum Gasteiger partial charge on any atom is 0.122 e. The Morgan fingerprint density at radius 2 is 2.18 bits per heavy atom. The number of nitrogens with one attached hydrogen (secondary N) is 1. The van der Waals surface area contributed by atoms with Gasteiger partial charge in [0.15, 0.2) is 0 Å². The van der Waals surface area contributed by atoms with Crippen LogP contribution in [-0.2, 0) is 6.42 Å². The third kappa shape index (κ3) is 2.81. The van der Waals surface area contributed by atoms with Gasteiger partial charge in [-0.2, -0.15) is 0 Å². The van der Waals surface area contributed by atoms with Crippen molar-refractivity contribution >= 4 is 0 Å². The van der Waals surface area contributed by atoms with Gasteiger partial charge < -0.3 is 10.1 Å². The first-order valence-corrected chi connectivity index (χ1v) is 6.55. The lowest BCUT2D eigenvalue weighted by molar-refractivity contribution is 0.234. The molecule has 0 bridgehead atoms. The van der Waals surface area contributed by atoms with Crippen molar-refractivity contribution in [3.63, 3.8) is 0 Å². The molecule has 1 aliphatic carbocycles. The second-order valence-electron chi connectivity index (χ2n) is 5.11. The number of rotatable bonds is 5. The van der Waals surface area contributed by atoms with Crippen LogP contribution >= 0.6 is 0 Å². The molecule has 1 N–H and O–H groups in total.